The Morgan fingerprint density at radius 2 is 2.26 bits per heavy atom. The molecule has 0 radical (unpaired) electrons. The van der Waals surface area contributed by atoms with Crippen molar-refractivity contribution >= 4 is 15.8 Å². The first kappa shape index (κ1) is 13.9. The minimum atomic E-state index is -3.14. The van der Waals surface area contributed by atoms with Crippen molar-refractivity contribution in [3.05, 3.63) is 29.8 Å². The zero-order valence-corrected chi connectivity index (χ0v) is 11.8. The summed E-state index contributed by atoms with van der Waals surface area (Å²) in [6.07, 6.45) is 1.05. The van der Waals surface area contributed by atoms with Crippen LogP contribution in [-0.4, -0.2) is 33.2 Å². The molecule has 1 aromatic rings. The van der Waals surface area contributed by atoms with Crippen molar-refractivity contribution in [1.82, 2.24) is 10.6 Å². The molecule has 2 N–H and O–H groups in total. The average Bonchev–Trinajstić information content (AvgIpc) is 2.46. The Labute approximate surface area is 114 Å². The van der Waals surface area contributed by atoms with Crippen LogP contribution in [0.3, 0.4) is 0 Å². The number of nitrogens with zero attached hydrogens (tertiary/aromatic N) is 1. The highest BCUT2D eigenvalue weighted by Gasteiger charge is 2.11. The van der Waals surface area contributed by atoms with Crippen LogP contribution in [0.25, 0.3) is 0 Å². The zero-order valence-electron chi connectivity index (χ0n) is 11.0. The van der Waals surface area contributed by atoms with Gasteiger partial charge in [0.15, 0.2) is 15.8 Å². The number of sulfone groups is 1. The quantitative estimate of drug-likeness (QED) is 0.861. The van der Waals surface area contributed by atoms with Gasteiger partial charge in [-0.3, -0.25) is 4.99 Å². The number of rotatable bonds is 4. The Balaban J connectivity index is 2.05. The highest BCUT2D eigenvalue weighted by atomic mass is 32.2. The van der Waals surface area contributed by atoms with E-state index in [1.165, 1.54) is 0 Å². The molecule has 0 spiro atoms. The molecule has 1 aliphatic rings. The summed E-state index contributed by atoms with van der Waals surface area (Å²) < 4.78 is 23.6. The first-order valence-corrected chi connectivity index (χ1v) is 8.11. The number of hydrogen-bond donors (Lipinski definition) is 2. The third-order valence-electron chi connectivity index (χ3n) is 2.99. The lowest BCUT2D eigenvalue weighted by atomic mass is 10.2. The summed E-state index contributed by atoms with van der Waals surface area (Å²) in [5.74, 6) is 0.910. The lowest BCUT2D eigenvalue weighted by molar-refractivity contribution is 0.597. The fourth-order valence-electron chi connectivity index (χ4n) is 1.85. The van der Waals surface area contributed by atoms with E-state index in [1.807, 2.05) is 6.07 Å². The lowest BCUT2D eigenvalue weighted by Gasteiger charge is -2.16. The van der Waals surface area contributed by atoms with Gasteiger partial charge >= 0.3 is 0 Å². The Morgan fingerprint density at radius 3 is 2.95 bits per heavy atom. The number of aliphatic imine (C=N–C) groups is 1. The largest absolute Gasteiger partial charge is 0.356 e. The van der Waals surface area contributed by atoms with E-state index in [2.05, 4.69) is 15.6 Å². The van der Waals surface area contributed by atoms with Gasteiger partial charge in [-0.2, -0.15) is 0 Å². The van der Waals surface area contributed by atoms with Gasteiger partial charge in [0.2, 0.25) is 0 Å². The molecule has 6 heteroatoms. The molecular weight excluding hydrogens is 262 g/mol. The second kappa shape index (κ2) is 6.06. The summed E-state index contributed by atoms with van der Waals surface area (Å²) in [4.78, 5) is 4.69. The summed E-state index contributed by atoms with van der Waals surface area (Å²) in [7, 11) is -3.14. The van der Waals surface area contributed by atoms with Crippen LogP contribution < -0.4 is 10.6 Å². The Morgan fingerprint density at radius 1 is 1.42 bits per heavy atom. The van der Waals surface area contributed by atoms with Crippen molar-refractivity contribution in [2.24, 2.45) is 4.99 Å². The van der Waals surface area contributed by atoms with Gasteiger partial charge in [0.05, 0.1) is 10.6 Å². The highest BCUT2D eigenvalue weighted by molar-refractivity contribution is 7.91. The number of guanidine groups is 1. The third kappa shape index (κ3) is 3.70. The average molecular weight is 281 g/mol. The SMILES string of the molecule is CCS(=O)(=O)c1cccc(CNC2=NCCCN2)c1. The van der Waals surface area contributed by atoms with E-state index in [9.17, 15) is 8.42 Å². The zero-order chi connectivity index (χ0) is 13.7. The fraction of sp³-hybridized carbons (Fsp3) is 0.462. The maximum atomic E-state index is 11.8. The summed E-state index contributed by atoms with van der Waals surface area (Å²) in [6, 6.07) is 7.04. The summed E-state index contributed by atoms with van der Waals surface area (Å²) in [5.41, 5.74) is 0.935. The van der Waals surface area contributed by atoms with Crippen molar-refractivity contribution in [2.45, 2.75) is 24.8 Å². The van der Waals surface area contributed by atoms with Gasteiger partial charge < -0.3 is 10.6 Å². The maximum Gasteiger partial charge on any atom is 0.191 e. The van der Waals surface area contributed by atoms with Gasteiger partial charge in [-0.25, -0.2) is 8.42 Å². The summed E-state index contributed by atoms with van der Waals surface area (Å²) in [6.45, 7) is 3.98. The molecule has 1 aliphatic heterocycles. The molecule has 5 nitrogen and oxygen atoms in total. The van der Waals surface area contributed by atoms with Gasteiger partial charge in [0, 0.05) is 19.6 Å². The van der Waals surface area contributed by atoms with Crippen molar-refractivity contribution in [3.8, 4) is 0 Å². The van der Waals surface area contributed by atoms with Crippen LogP contribution in [0.4, 0.5) is 0 Å². The van der Waals surface area contributed by atoms with E-state index in [-0.39, 0.29) is 5.75 Å². The van der Waals surface area contributed by atoms with Crippen molar-refractivity contribution < 1.29 is 8.42 Å². The summed E-state index contributed by atoms with van der Waals surface area (Å²) in [5, 5.41) is 6.34. The molecule has 0 saturated heterocycles. The minimum Gasteiger partial charge on any atom is -0.356 e. The minimum absolute atomic E-state index is 0.123. The molecule has 1 heterocycles. The Bertz CT molecular complexity index is 567. The van der Waals surface area contributed by atoms with E-state index < -0.39 is 9.84 Å². The second-order valence-corrected chi connectivity index (χ2v) is 6.69. The molecule has 0 saturated carbocycles. The van der Waals surface area contributed by atoms with Crippen LogP contribution in [0.2, 0.25) is 0 Å². The topological polar surface area (TPSA) is 70.6 Å². The predicted octanol–water partition coefficient (Wildman–Crippen LogP) is 0.919. The molecule has 0 fully saturated rings. The second-order valence-electron chi connectivity index (χ2n) is 4.42. The van der Waals surface area contributed by atoms with Crippen molar-refractivity contribution in [3.63, 3.8) is 0 Å². The molecule has 0 amide bonds. The van der Waals surface area contributed by atoms with Crippen molar-refractivity contribution in [1.29, 1.82) is 0 Å². The number of benzene rings is 1. The molecule has 2 rings (SSSR count). The number of hydrogen-bond acceptors (Lipinski definition) is 5. The molecule has 0 unspecified atom stereocenters. The first-order valence-electron chi connectivity index (χ1n) is 6.46. The normalized spacial score (nSPS) is 15.5. The van der Waals surface area contributed by atoms with Crippen LogP contribution in [0.15, 0.2) is 34.2 Å². The van der Waals surface area contributed by atoms with Crippen LogP contribution in [0, 0.1) is 0 Å². The molecular formula is C13H19N3O2S. The van der Waals surface area contributed by atoms with Crippen LogP contribution in [0.1, 0.15) is 18.9 Å². The van der Waals surface area contributed by atoms with Gasteiger partial charge in [0.1, 0.15) is 0 Å². The highest BCUT2D eigenvalue weighted by Crippen LogP contribution is 2.13. The molecule has 0 aromatic heterocycles. The predicted molar refractivity (Wildman–Crippen MR) is 75.9 cm³/mol. The Kier molecular flexibility index (Phi) is 4.42. The maximum absolute atomic E-state index is 11.8. The number of nitrogens with one attached hydrogen (secondary N) is 2. The van der Waals surface area contributed by atoms with E-state index in [0.29, 0.717) is 11.4 Å². The molecule has 0 aliphatic carbocycles. The smallest absolute Gasteiger partial charge is 0.191 e. The van der Waals surface area contributed by atoms with Crippen LogP contribution >= 0.6 is 0 Å². The summed E-state index contributed by atoms with van der Waals surface area (Å²) >= 11 is 0. The third-order valence-corrected chi connectivity index (χ3v) is 4.73. The fourth-order valence-corrected chi connectivity index (χ4v) is 2.80. The molecule has 0 bridgehead atoms. The van der Waals surface area contributed by atoms with Gasteiger partial charge in [-0.15, -0.1) is 0 Å². The lowest BCUT2D eigenvalue weighted by Crippen LogP contribution is -2.40. The molecule has 0 atom stereocenters. The molecule has 19 heavy (non-hydrogen) atoms. The van der Waals surface area contributed by atoms with Crippen molar-refractivity contribution in [2.75, 3.05) is 18.8 Å². The van der Waals surface area contributed by atoms with Gasteiger partial charge in [-0.1, -0.05) is 19.1 Å². The van der Waals surface area contributed by atoms with E-state index in [4.69, 9.17) is 0 Å². The van der Waals surface area contributed by atoms with Crippen LogP contribution in [0.5, 0.6) is 0 Å². The van der Waals surface area contributed by atoms with Crippen LogP contribution in [-0.2, 0) is 16.4 Å². The monoisotopic (exact) mass is 281 g/mol. The standard InChI is InChI=1S/C13H19N3O2S/c1-2-19(17,18)12-6-3-5-11(9-12)10-16-13-14-7-4-8-15-13/h3,5-6,9H,2,4,7-8,10H2,1H3,(H2,14,15,16). The molecule has 1 aromatic carbocycles. The molecule has 104 valence electrons. The van der Waals surface area contributed by atoms with E-state index in [0.717, 1.165) is 31.0 Å². The van der Waals surface area contributed by atoms with E-state index in [1.54, 1.807) is 25.1 Å². The van der Waals surface area contributed by atoms with Gasteiger partial charge in [0.25, 0.3) is 0 Å². The van der Waals surface area contributed by atoms with Gasteiger partial charge in [-0.05, 0) is 24.1 Å². The Hall–Kier alpha value is -1.56. The van der Waals surface area contributed by atoms with E-state index >= 15 is 0 Å². The first-order chi connectivity index (χ1) is 9.12.